The van der Waals surface area contributed by atoms with Crippen LogP contribution in [0.3, 0.4) is 0 Å². The van der Waals surface area contributed by atoms with Crippen LogP contribution in [0.5, 0.6) is 0 Å². The minimum Gasteiger partial charge on any atom is -0.444 e. The van der Waals surface area contributed by atoms with E-state index in [0.717, 1.165) is 48.4 Å². The lowest BCUT2D eigenvalue weighted by Crippen LogP contribution is -2.38. The number of hydrogen-bond donors (Lipinski definition) is 2. The van der Waals surface area contributed by atoms with Crippen molar-refractivity contribution < 1.29 is 18.7 Å². The van der Waals surface area contributed by atoms with Crippen LogP contribution in [0.2, 0.25) is 0 Å². The number of nitrogens with zero attached hydrogens (tertiary/aromatic N) is 5. The molecule has 2 aromatic heterocycles. The average Bonchev–Trinajstić information content (AvgIpc) is 3.30. The largest absolute Gasteiger partial charge is 0.444 e. The van der Waals surface area contributed by atoms with Crippen molar-refractivity contribution in [3.8, 4) is 0 Å². The Kier molecular flexibility index (Phi) is 9.34. The zero-order valence-electron chi connectivity index (χ0n) is 24.1. The van der Waals surface area contributed by atoms with Crippen molar-refractivity contribution in [3.05, 3.63) is 58.4 Å². The van der Waals surface area contributed by atoms with Crippen LogP contribution in [-0.2, 0) is 29.0 Å². The summed E-state index contributed by atoms with van der Waals surface area (Å²) in [5.41, 5.74) is 2.77. The first-order valence-electron chi connectivity index (χ1n) is 13.9. The molecule has 2 N–H and O–H groups in total. The van der Waals surface area contributed by atoms with Gasteiger partial charge in [-0.2, -0.15) is 4.98 Å². The Morgan fingerprint density at radius 1 is 1.10 bits per heavy atom. The lowest BCUT2D eigenvalue weighted by atomic mass is 9.96. The van der Waals surface area contributed by atoms with Crippen LogP contribution in [-0.4, -0.2) is 61.7 Å². The summed E-state index contributed by atoms with van der Waals surface area (Å²) in [5.74, 6) is 1.15. The molecular formula is C29H40FN7O3. The molecule has 1 saturated heterocycles. The van der Waals surface area contributed by atoms with Crippen molar-refractivity contribution in [2.75, 3.05) is 19.6 Å². The zero-order valence-corrected chi connectivity index (χ0v) is 24.1. The first-order chi connectivity index (χ1) is 19.0. The van der Waals surface area contributed by atoms with Gasteiger partial charge in [0.1, 0.15) is 11.4 Å². The number of fused-ring (bicyclic) bond motifs is 1. The first-order valence-corrected chi connectivity index (χ1v) is 13.9. The summed E-state index contributed by atoms with van der Waals surface area (Å²) in [6.45, 7) is 12.4. The number of halogens is 1. The topological polar surface area (TPSA) is 114 Å². The van der Waals surface area contributed by atoms with Crippen molar-refractivity contribution in [2.45, 2.75) is 79.0 Å². The number of nitrogens with one attached hydrogen (secondary N) is 2. The highest BCUT2D eigenvalue weighted by Gasteiger charge is 2.21. The van der Waals surface area contributed by atoms with Crippen molar-refractivity contribution in [1.82, 2.24) is 35.1 Å². The molecular weight excluding hydrogens is 513 g/mol. The number of benzene rings is 1. The number of aryl methyl sites for hydroxylation is 2. The molecule has 0 saturated carbocycles. The van der Waals surface area contributed by atoms with Gasteiger partial charge in [-0.15, -0.1) is 5.10 Å². The predicted molar refractivity (Wildman–Crippen MR) is 149 cm³/mol. The van der Waals surface area contributed by atoms with E-state index in [4.69, 9.17) is 4.74 Å². The third kappa shape index (κ3) is 7.97. The Hall–Kier alpha value is -3.60. The number of rotatable bonds is 9. The fraction of sp³-hybridized carbons (Fsp3) is 0.552. The van der Waals surface area contributed by atoms with E-state index < -0.39 is 11.7 Å². The van der Waals surface area contributed by atoms with Gasteiger partial charge in [0.25, 0.3) is 5.78 Å². The molecule has 11 heteroatoms. The van der Waals surface area contributed by atoms with Gasteiger partial charge in [-0.25, -0.2) is 18.7 Å². The second-order valence-electron chi connectivity index (χ2n) is 11.5. The number of hydrogen-bond acceptors (Lipinski definition) is 7. The molecule has 10 nitrogen and oxygen atoms in total. The molecule has 40 heavy (non-hydrogen) atoms. The van der Waals surface area contributed by atoms with Gasteiger partial charge in [0.2, 0.25) is 5.91 Å². The molecule has 0 bridgehead atoms. The summed E-state index contributed by atoms with van der Waals surface area (Å²) in [6, 6.07) is 6.92. The molecule has 1 aliphatic rings. The van der Waals surface area contributed by atoms with E-state index >= 15 is 0 Å². The molecule has 0 unspecified atom stereocenters. The van der Waals surface area contributed by atoms with E-state index in [1.54, 1.807) is 31.4 Å². The van der Waals surface area contributed by atoms with Crippen LogP contribution in [0, 0.1) is 25.6 Å². The van der Waals surface area contributed by atoms with Gasteiger partial charge >= 0.3 is 6.09 Å². The smallest absolute Gasteiger partial charge is 0.408 e. The molecule has 216 valence electrons. The van der Waals surface area contributed by atoms with Gasteiger partial charge in [0.15, 0.2) is 5.82 Å². The molecule has 0 spiro atoms. The van der Waals surface area contributed by atoms with Crippen molar-refractivity contribution in [1.29, 1.82) is 0 Å². The quantitative estimate of drug-likeness (QED) is 0.414. The Morgan fingerprint density at radius 3 is 2.52 bits per heavy atom. The minimum absolute atomic E-state index is 0.00789. The molecule has 1 fully saturated rings. The Balaban J connectivity index is 1.24. The van der Waals surface area contributed by atoms with E-state index in [1.165, 1.54) is 6.07 Å². The van der Waals surface area contributed by atoms with Crippen molar-refractivity contribution >= 4 is 17.8 Å². The van der Waals surface area contributed by atoms with E-state index in [-0.39, 0.29) is 18.3 Å². The molecule has 0 atom stereocenters. The monoisotopic (exact) mass is 553 g/mol. The van der Waals surface area contributed by atoms with Crippen LogP contribution in [0.1, 0.15) is 68.4 Å². The third-order valence-electron chi connectivity index (χ3n) is 7.13. The number of carbonyl (C=O) groups excluding carboxylic acids is 2. The number of aromatic nitrogens is 4. The molecule has 0 aliphatic carbocycles. The Morgan fingerprint density at radius 2 is 1.82 bits per heavy atom. The summed E-state index contributed by atoms with van der Waals surface area (Å²) in [4.78, 5) is 35.9. The summed E-state index contributed by atoms with van der Waals surface area (Å²) in [5, 5.41) is 10.3. The van der Waals surface area contributed by atoms with Crippen molar-refractivity contribution in [2.24, 2.45) is 5.92 Å². The maximum atomic E-state index is 14.0. The van der Waals surface area contributed by atoms with Crippen molar-refractivity contribution in [3.63, 3.8) is 0 Å². The van der Waals surface area contributed by atoms with Crippen LogP contribution >= 0.6 is 0 Å². The van der Waals surface area contributed by atoms with Gasteiger partial charge in [0, 0.05) is 36.5 Å². The highest BCUT2D eigenvalue weighted by molar-refractivity contribution is 5.76. The van der Waals surface area contributed by atoms with E-state index in [2.05, 4.69) is 30.6 Å². The molecule has 0 radical (unpaired) electrons. The van der Waals surface area contributed by atoms with Gasteiger partial charge in [-0.3, -0.25) is 9.69 Å². The van der Waals surface area contributed by atoms with E-state index in [0.29, 0.717) is 43.5 Å². The third-order valence-corrected chi connectivity index (χ3v) is 7.13. The van der Waals surface area contributed by atoms with Crippen LogP contribution in [0.25, 0.3) is 5.78 Å². The number of amides is 2. The number of carbonyl (C=O) groups is 2. The van der Waals surface area contributed by atoms with Crippen LogP contribution in [0.4, 0.5) is 9.18 Å². The highest BCUT2D eigenvalue weighted by Crippen LogP contribution is 2.20. The maximum Gasteiger partial charge on any atom is 0.408 e. The summed E-state index contributed by atoms with van der Waals surface area (Å²) in [7, 11) is 0. The SMILES string of the molecule is Cc1nc2nc(CNC(=O)OC(C)(C)C)nn2c(C)c1CCC(=O)NCC1CCN(Cc2ccccc2F)CC1. The molecule has 3 aromatic rings. The van der Waals surface area contributed by atoms with E-state index in [1.807, 2.05) is 26.0 Å². The standard InChI is InChI=1S/C29H40FN7O3/c1-19-23(20(2)37-27(33-19)34-25(35-37)17-32-28(39)40-29(3,4)5)10-11-26(38)31-16-21-12-14-36(15-13-21)18-22-8-6-7-9-24(22)30/h6-9,21H,10-18H2,1-5H3,(H,31,38)(H,32,39). The fourth-order valence-electron chi connectivity index (χ4n) is 4.95. The Labute approximate surface area is 234 Å². The zero-order chi connectivity index (χ0) is 28.9. The Bertz CT molecular complexity index is 1340. The molecule has 4 rings (SSSR count). The molecule has 1 aromatic carbocycles. The van der Waals surface area contributed by atoms with Gasteiger partial charge < -0.3 is 15.4 Å². The van der Waals surface area contributed by atoms with Gasteiger partial charge in [-0.1, -0.05) is 18.2 Å². The van der Waals surface area contributed by atoms with E-state index in [9.17, 15) is 14.0 Å². The highest BCUT2D eigenvalue weighted by atomic mass is 19.1. The minimum atomic E-state index is -0.588. The summed E-state index contributed by atoms with van der Waals surface area (Å²) >= 11 is 0. The number of alkyl carbamates (subject to hydrolysis) is 1. The lowest BCUT2D eigenvalue weighted by Gasteiger charge is -2.32. The van der Waals surface area contributed by atoms with Gasteiger partial charge in [-0.05, 0) is 84.5 Å². The average molecular weight is 554 g/mol. The molecule has 3 heterocycles. The lowest BCUT2D eigenvalue weighted by molar-refractivity contribution is -0.121. The fourth-order valence-corrected chi connectivity index (χ4v) is 4.95. The number of piperidine rings is 1. The second kappa shape index (κ2) is 12.7. The molecule has 2 amide bonds. The first kappa shape index (κ1) is 29.4. The number of likely N-dealkylation sites (tertiary alicyclic amines) is 1. The maximum absolute atomic E-state index is 14.0. The predicted octanol–water partition coefficient (Wildman–Crippen LogP) is 3.87. The second-order valence-corrected chi connectivity index (χ2v) is 11.5. The summed E-state index contributed by atoms with van der Waals surface area (Å²) < 4.78 is 20.9. The van der Waals surface area contributed by atoms with Crippen LogP contribution in [0.15, 0.2) is 24.3 Å². The molecule has 1 aliphatic heterocycles. The van der Waals surface area contributed by atoms with Gasteiger partial charge in [0.05, 0.1) is 6.54 Å². The summed E-state index contributed by atoms with van der Waals surface area (Å²) in [6.07, 6.45) is 2.31. The normalized spacial score (nSPS) is 14.8. The number of ether oxygens (including phenoxy) is 1. The van der Waals surface area contributed by atoms with Crippen LogP contribution < -0.4 is 10.6 Å².